The fourth-order valence-electron chi connectivity index (χ4n) is 4.58. The smallest absolute Gasteiger partial charge is 0.263 e. The maximum Gasteiger partial charge on any atom is 0.263 e. The van der Waals surface area contributed by atoms with Gasteiger partial charge < -0.3 is 5.32 Å². The molecular formula is C26H18N4O2S2. The average molecular weight is 483 g/mol. The SMILES string of the molecule is N#Cc1c(NC(=O)Cn2cnc3scc(-c4ccc5ccccc5c4)c3c2=O)sc2c1CCC2. The molecule has 5 aromatic rings. The number of fused-ring (bicyclic) bond motifs is 3. The van der Waals surface area contributed by atoms with Crippen molar-refractivity contribution >= 4 is 54.6 Å². The Hall–Kier alpha value is -3.80. The fourth-order valence-corrected chi connectivity index (χ4v) is 6.74. The van der Waals surface area contributed by atoms with Gasteiger partial charge in [-0.3, -0.25) is 14.2 Å². The first-order chi connectivity index (χ1) is 16.6. The summed E-state index contributed by atoms with van der Waals surface area (Å²) in [6, 6.07) is 16.4. The van der Waals surface area contributed by atoms with E-state index in [0.717, 1.165) is 46.7 Å². The number of aromatic nitrogens is 2. The number of thiophene rings is 2. The second kappa shape index (κ2) is 8.20. The second-order valence-electron chi connectivity index (χ2n) is 8.29. The van der Waals surface area contributed by atoms with Crippen LogP contribution in [0.3, 0.4) is 0 Å². The Balaban J connectivity index is 1.33. The summed E-state index contributed by atoms with van der Waals surface area (Å²) in [6.07, 6.45) is 4.29. The standard InChI is InChI=1S/C26H18N4O2S2/c27-11-19-18-6-3-7-21(18)34-24(19)29-22(31)12-30-14-28-25-23(26(30)32)20(13-33-25)17-9-8-15-4-1-2-5-16(15)10-17/h1-2,4-5,8-10,13-14H,3,6-7,12H2,(H,29,31). The van der Waals surface area contributed by atoms with Crippen molar-refractivity contribution in [3.63, 3.8) is 0 Å². The summed E-state index contributed by atoms with van der Waals surface area (Å²) in [5, 5.41) is 17.7. The van der Waals surface area contributed by atoms with Crippen molar-refractivity contribution in [3.05, 3.63) is 80.5 Å². The predicted octanol–water partition coefficient (Wildman–Crippen LogP) is 5.34. The van der Waals surface area contributed by atoms with E-state index in [9.17, 15) is 14.9 Å². The number of carbonyl (C=O) groups is 1. The number of nitrogens with one attached hydrogen (secondary N) is 1. The van der Waals surface area contributed by atoms with Gasteiger partial charge >= 0.3 is 0 Å². The number of nitriles is 1. The van der Waals surface area contributed by atoms with E-state index in [1.54, 1.807) is 0 Å². The lowest BCUT2D eigenvalue weighted by atomic mass is 10.0. The van der Waals surface area contributed by atoms with E-state index in [1.165, 1.54) is 38.4 Å². The molecule has 0 unspecified atom stereocenters. The van der Waals surface area contributed by atoms with Gasteiger partial charge in [-0.2, -0.15) is 5.26 Å². The van der Waals surface area contributed by atoms with Gasteiger partial charge in [-0.25, -0.2) is 4.98 Å². The average Bonchev–Trinajstić information content (AvgIpc) is 3.55. The third-order valence-corrected chi connectivity index (χ3v) is 8.31. The number of hydrogen-bond acceptors (Lipinski definition) is 6. The first-order valence-electron chi connectivity index (χ1n) is 10.9. The highest BCUT2D eigenvalue weighted by atomic mass is 32.1. The van der Waals surface area contributed by atoms with Crippen molar-refractivity contribution in [1.82, 2.24) is 9.55 Å². The van der Waals surface area contributed by atoms with Crippen LogP contribution < -0.4 is 10.9 Å². The molecule has 1 amide bonds. The molecule has 3 aromatic heterocycles. The zero-order chi connectivity index (χ0) is 23.2. The third kappa shape index (κ3) is 3.41. The quantitative estimate of drug-likeness (QED) is 0.375. The molecule has 0 saturated heterocycles. The highest BCUT2D eigenvalue weighted by Crippen LogP contribution is 2.38. The minimum absolute atomic E-state index is 0.164. The van der Waals surface area contributed by atoms with Crippen molar-refractivity contribution in [2.45, 2.75) is 25.8 Å². The summed E-state index contributed by atoms with van der Waals surface area (Å²) >= 11 is 2.88. The third-order valence-electron chi connectivity index (χ3n) is 6.22. The zero-order valence-electron chi connectivity index (χ0n) is 18.0. The van der Waals surface area contributed by atoms with Crippen LogP contribution >= 0.6 is 22.7 Å². The summed E-state index contributed by atoms with van der Waals surface area (Å²) in [4.78, 5) is 32.4. The molecule has 0 aliphatic heterocycles. The van der Waals surface area contributed by atoms with Crippen molar-refractivity contribution < 1.29 is 4.79 Å². The Bertz CT molecular complexity index is 1700. The maximum atomic E-state index is 13.4. The lowest BCUT2D eigenvalue weighted by molar-refractivity contribution is -0.116. The van der Waals surface area contributed by atoms with E-state index in [2.05, 4.69) is 28.5 Å². The Morgan fingerprint density at radius 3 is 2.88 bits per heavy atom. The minimum Gasteiger partial charge on any atom is -0.315 e. The van der Waals surface area contributed by atoms with Gasteiger partial charge in [0.05, 0.1) is 17.3 Å². The van der Waals surface area contributed by atoms with Crippen LogP contribution in [0.25, 0.3) is 32.1 Å². The number of hydrogen-bond donors (Lipinski definition) is 1. The molecule has 166 valence electrons. The Kier molecular flexibility index (Phi) is 5.01. The Morgan fingerprint density at radius 1 is 1.18 bits per heavy atom. The molecule has 3 heterocycles. The fraction of sp³-hybridized carbons (Fsp3) is 0.154. The van der Waals surface area contributed by atoms with Crippen molar-refractivity contribution in [2.24, 2.45) is 0 Å². The van der Waals surface area contributed by atoms with E-state index >= 15 is 0 Å². The molecule has 8 heteroatoms. The van der Waals surface area contributed by atoms with E-state index < -0.39 is 0 Å². The van der Waals surface area contributed by atoms with Gasteiger partial charge in [0.1, 0.15) is 22.4 Å². The Labute approximate surface area is 202 Å². The molecule has 2 aromatic carbocycles. The molecule has 1 aliphatic rings. The van der Waals surface area contributed by atoms with Gasteiger partial charge in [0.25, 0.3) is 5.56 Å². The lowest BCUT2D eigenvalue weighted by Crippen LogP contribution is -2.27. The molecule has 6 rings (SSSR count). The van der Waals surface area contributed by atoms with Crippen LogP contribution in [0.1, 0.15) is 22.4 Å². The van der Waals surface area contributed by atoms with E-state index in [1.807, 2.05) is 35.7 Å². The summed E-state index contributed by atoms with van der Waals surface area (Å²) in [5.74, 6) is -0.345. The first kappa shape index (κ1) is 20.8. The van der Waals surface area contributed by atoms with Crippen LogP contribution in [0.4, 0.5) is 5.00 Å². The van der Waals surface area contributed by atoms with Crippen LogP contribution in [0.2, 0.25) is 0 Å². The molecule has 6 nitrogen and oxygen atoms in total. The molecule has 0 radical (unpaired) electrons. The molecule has 0 spiro atoms. The summed E-state index contributed by atoms with van der Waals surface area (Å²) < 4.78 is 1.34. The first-order valence-corrected chi connectivity index (χ1v) is 12.6. The molecular weight excluding hydrogens is 464 g/mol. The molecule has 1 N–H and O–H groups in total. The number of amides is 1. The normalized spacial score (nSPS) is 12.7. The van der Waals surface area contributed by atoms with Crippen molar-refractivity contribution in [3.8, 4) is 17.2 Å². The highest BCUT2D eigenvalue weighted by molar-refractivity contribution is 7.17. The van der Waals surface area contributed by atoms with Crippen molar-refractivity contribution in [1.29, 1.82) is 5.26 Å². The molecule has 0 saturated carbocycles. The topological polar surface area (TPSA) is 87.8 Å². The van der Waals surface area contributed by atoms with E-state index in [0.29, 0.717) is 20.8 Å². The number of carbonyl (C=O) groups excluding carboxylic acids is 1. The monoisotopic (exact) mass is 482 g/mol. The summed E-state index contributed by atoms with van der Waals surface area (Å²) in [5.41, 5.74) is 3.13. The molecule has 0 atom stereocenters. The number of anilines is 1. The number of rotatable bonds is 4. The van der Waals surface area contributed by atoms with Gasteiger partial charge in [-0.1, -0.05) is 36.4 Å². The summed E-state index contributed by atoms with van der Waals surface area (Å²) in [7, 11) is 0. The Morgan fingerprint density at radius 2 is 2.03 bits per heavy atom. The minimum atomic E-state index is -0.345. The maximum absolute atomic E-state index is 13.4. The molecule has 1 aliphatic carbocycles. The van der Waals surface area contributed by atoms with E-state index in [-0.39, 0.29) is 18.0 Å². The molecule has 0 bridgehead atoms. The number of aryl methyl sites for hydroxylation is 1. The highest BCUT2D eigenvalue weighted by Gasteiger charge is 2.23. The molecule has 0 fully saturated rings. The zero-order valence-corrected chi connectivity index (χ0v) is 19.6. The van der Waals surface area contributed by atoms with Crippen LogP contribution in [0, 0.1) is 11.3 Å². The van der Waals surface area contributed by atoms with Gasteiger partial charge in [-0.15, -0.1) is 22.7 Å². The van der Waals surface area contributed by atoms with Crippen LogP contribution in [-0.2, 0) is 24.2 Å². The second-order valence-corrected chi connectivity index (χ2v) is 10.3. The van der Waals surface area contributed by atoms with Gasteiger partial charge in [0, 0.05) is 15.8 Å². The lowest BCUT2D eigenvalue weighted by Gasteiger charge is -2.08. The molecule has 34 heavy (non-hydrogen) atoms. The van der Waals surface area contributed by atoms with Gasteiger partial charge in [0.15, 0.2) is 0 Å². The van der Waals surface area contributed by atoms with Gasteiger partial charge in [-0.05, 0) is 47.2 Å². The van der Waals surface area contributed by atoms with Crippen LogP contribution in [0.5, 0.6) is 0 Å². The largest absolute Gasteiger partial charge is 0.315 e. The number of benzene rings is 2. The van der Waals surface area contributed by atoms with Crippen molar-refractivity contribution in [2.75, 3.05) is 5.32 Å². The number of nitrogens with zero attached hydrogens (tertiary/aromatic N) is 3. The van der Waals surface area contributed by atoms with E-state index in [4.69, 9.17) is 0 Å². The predicted molar refractivity (Wildman–Crippen MR) is 137 cm³/mol. The van der Waals surface area contributed by atoms with Crippen LogP contribution in [-0.4, -0.2) is 15.5 Å². The van der Waals surface area contributed by atoms with Crippen LogP contribution in [0.15, 0.2) is 59.0 Å². The van der Waals surface area contributed by atoms with Gasteiger partial charge in [0.2, 0.25) is 5.91 Å². The summed E-state index contributed by atoms with van der Waals surface area (Å²) in [6.45, 7) is -0.164.